The molecule has 0 atom stereocenters. The predicted molar refractivity (Wildman–Crippen MR) is 153 cm³/mol. The van der Waals surface area contributed by atoms with Crippen LogP contribution in [0.5, 0.6) is 5.88 Å². The summed E-state index contributed by atoms with van der Waals surface area (Å²) in [5, 5.41) is 14.3. The highest BCUT2D eigenvalue weighted by Gasteiger charge is 2.23. The molecule has 0 saturated carbocycles. The van der Waals surface area contributed by atoms with Crippen molar-refractivity contribution < 1.29 is 13.5 Å². The van der Waals surface area contributed by atoms with Crippen molar-refractivity contribution in [2.24, 2.45) is 4.99 Å². The van der Waals surface area contributed by atoms with Crippen LogP contribution in [0.4, 0.5) is 5.69 Å². The van der Waals surface area contributed by atoms with Crippen LogP contribution in [-0.2, 0) is 10.0 Å². The first-order valence-electron chi connectivity index (χ1n) is 12.4. The summed E-state index contributed by atoms with van der Waals surface area (Å²) >= 11 is 0. The molecule has 0 bridgehead atoms. The second-order valence-corrected chi connectivity index (χ2v) is 10.7. The van der Waals surface area contributed by atoms with Crippen molar-refractivity contribution in [2.75, 3.05) is 13.1 Å². The van der Waals surface area contributed by atoms with Crippen LogP contribution in [0.3, 0.4) is 0 Å². The summed E-state index contributed by atoms with van der Waals surface area (Å²) < 4.78 is 28.8. The Morgan fingerprint density at radius 1 is 0.842 bits per heavy atom. The summed E-state index contributed by atoms with van der Waals surface area (Å²) in [5.74, 6) is -0.324. The minimum Gasteiger partial charge on any atom is -0.494 e. The molecule has 0 fully saturated rings. The summed E-state index contributed by atoms with van der Waals surface area (Å²) in [6.07, 6.45) is 1.55. The van der Waals surface area contributed by atoms with Gasteiger partial charge in [-0.1, -0.05) is 74.5 Å². The van der Waals surface area contributed by atoms with Crippen molar-refractivity contribution >= 4 is 43.5 Å². The molecular formula is C30H27N3O4S. The van der Waals surface area contributed by atoms with E-state index in [0.717, 1.165) is 21.0 Å². The maximum absolute atomic E-state index is 13.6. The largest absolute Gasteiger partial charge is 0.494 e. The summed E-state index contributed by atoms with van der Waals surface area (Å²) in [4.78, 5) is 18.3. The predicted octanol–water partition coefficient (Wildman–Crippen LogP) is 5.63. The van der Waals surface area contributed by atoms with Crippen LogP contribution in [-0.4, -0.2) is 41.7 Å². The van der Waals surface area contributed by atoms with Crippen molar-refractivity contribution in [2.45, 2.75) is 18.7 Å². The van der Waals surface area contributed by atoms with Crippen LogP contribution in [0.15, 0.2) is 106 Å². The fourth-order valence-electron chi connectivity index (χ4n) is 4.68. The van der Waals surface area contributed by atoms with Gasteiger partial charge in [-0.15, -0.1) is 0 Å². The molecule has 7 nitrogen and oxygen atoms in total. The molecule has 0 unspecified atom stereocenters. The molecular weight excluding hydrogens is 498 g/mol. The van der Waals surface area contributed by atoms with Gasteiger partial charge in [0, 0.05) is 35.5 Å². The second-order valence-electron chi connectivity index (χ2n) is 8.77. The molecule has 1 heterocycles. The number of aliphatic imine (C=N–C) groups is 1. The molecule has 0 aliphatic heterocycles. The molecule has 192 valence electrons. The molecule has 0 amide bonds. The van der Waals surface area contributed by atoms with Gasteiger partial charge in [-0.2, -0.15) is 4.31 Å². The van der Waals surface area contributed by atoms with Crippen molar-refractivity contribution in [3.63, 3.8) is 0 Å². The summed E-state index contributed by atoms with van der Waals surface area (Å²) in [7, 11) is -3.77. The Bertz CT molecular complexity index is 1850. The Labute approximate surface area is 221 Å². The highest BCUT2D eigenvalue weighted by Crippen LogP contribution is 2.30. The van der Waals surface area contributed by atoms with E-state index in [1.54, 1.807) is 56.5 Å². The lowest BCUT2D eigenvalue weighted by Gasteiger charge is -2.19. The smallest absolute Gasteiger partial charge is 0.265 e. The first-order valence-corrected chi connectivity index (χ1v) is 13.8. The Morgan fingerprint density at radius 3 is 2.21 bits per heavy atom. The Hall–Kier alpha value is -4.27. The van der Waals surface area contributed by atoms with Crippen molar-refractivity contribution in [1.29, 1.82) is 0 Å². The quantitative estimate of drug-likeness (QED) is 0.279. The van der Waals surface area contributed by atoms with Crippen LogP contribution >= 0.6 is 0 Å². The Morgan fingerprint density at radius 2 is 1.47 bits per heavy atom. The molecule has 0 radical (unpaired) electrons. The van der Waals surface area contributed by atoms with Gasteiger partial charge in [0.2, 0.25) is 15.9 Å². The van der Waals surface area contributed by atoms with Crippen LogP contribution in [0.25, 0.3) is 27.2 Å². The SMILES string of the molecule is CCN(CC)S(=O)(=O)c1cccc(-n2c(O)c(C=Nc3cccc4ccccc34)c3ccccc3c2=O)c1. The van der Waals surface area contributed by atoms with E-state index in [-0.39, 0.29) is 16.5 Å². The number of sulfonamides is 1. The van der Waals surface area contributed by atoms with Gasteiger partial charge in [-0.25, -0.2) is 13.0 Å². The van der Waals surface area contributed by atoms with Gasteiger partial charge in [0.05, 0.1) is 21.8 Å². The Balaban J connectivity index is 1.72. The minimum absolute atomic E-state index is 0.0455. The number of hydrogen-bond acceptors (Lipinski definition) is 5. The third-order valence-corrected chi connectivity index (χ3v) is 8.67. The van der Waals surface area contributed by atoms with E-state index >= 15 is 0 Å². The lowest BCUT2D eigenvalue weighted by molar-refractivity contribution is 0.435. The lowest BCUT2D eigenvalue weighted by Crippen LogP contribution is -2.30. The van der Waals surface area contributed by atoms with E-state index < -0.39 is 15.6 Å². The van der Waals surface area contributed by atoms with Crippen LogP contribution in [0, 0.1) is 0 Å². The van der Waals surface area contributed by atoms with E-state index in [2.05, 4.69) is 4.99 Å². The molecule has 1 aromatic heterocycles. The van der Waals surface area contributed by atoms with Gasteiger partial charge in [0.1, 0.15) is 0 Å². The summed E-state index contributed by atoms with van der Waals surface area (Å²) in [5.41, 5.74) is 0.853. The number of nitrogens with zero attached hydrogens (tertiary/aromatic N) is 3. The molecule has 5 rings (SSSR count). The monoisotopic (exact) mass is 525 g/mol. The maximum Gasteiger partial charge on any atom is 0.265 e. The topological polar surface area (TPSA) is 92.0 Å². The first-order chi connectivity index (χ1) is 18.4. The van der Waals surface area contributed by atoms with Crippen molar-refractivity contribution in [3.8, 4) is 11.6 Å². The van der Waals surface area contributed by atoms with Crippen molar-refractivity contribution in [3.05, 3.63) is 107 Å². The number of rotatable bonds is 7. The highest BCUT2D eigenvalue weighted by molar-refractivity contribution is 7.89. The summed E-state index contributed by atoms with van der Waals surface area (Å²) in [6, 6.07) is 26.7. The highest BCUT2D eigenvalue weighted by atomic mass is 32.2. The fraction of sp³-hybridized carbons (Fsp3) is 0.133. The van der Waals surface area contributed by atoms with Gasteiger partial charge in [-0.3, -0.25) is 9.79 Å². The average molecular weight is 526 g/mol. The van der Waals surface area contributed by atoms with Crippen LogP contribution in [0.1, 0.15) is 19.4 Å². The molecule has 0 saturated heterocycles. The maximum atomic E-state index is 13.6. The van der Waals surface area contributed by atoms with E-state index in [4.69, 9.17) is 0 Å². The van der Waals surface area contributed by atoms with E-state index in [1.807, 2.05) is 42.5 Å². The zero-order valence-corrected chi connectivity index (χ0v) is 21.9. The van der Waals surface area contributed by atoms with Crippen molar-refractivity contribution in [1.82, 2.24) is 8.87 Å². The third kappa shape index (κ3) is 4.38. The minimum atomic E-state index is -3.77. The third-order valence-electron chi connectivity index (χ3n) is 6.62. The number of aromatic hydroxyl groups is 1. The number of fused-ring (bicyclic) bond motifs is 2. The van der Waals surface area contributed by atoms with Gasteiger partial charge in [0.15, 0.2) is 0 Å². The van der Waals surface area contributed by atoms with Gasteiger partial charge in [0.25, 0.3) is 5.56 Å². The van der Waals surface area contributed by atoms with E-state index in [1.165, 1.54) is 16.4 Å². The zero-order chi connectivity index (χ0) is 26.9. The Kier molecular flexibility index (Phi) is 6.84. The van der Waals surface area contributed by atoms with Crippen LogP contribution in [0.2, 0.25) is 0 Å². The molecule has 4 aromatic carbocycles. The number of pyridine rings is 1. The molecule has 0 spiro atoms. The second kappa shape index (κ2) is 10.2. The van der Waals surface area contributed by atoms with Gasteiger partial charge < -0.3 is 5.11 Å². The normalized spacial score (nSPS) is 12.2. The number of benzene rings is 4. The van der Waals surface area contributed by atoms with Gasteiger partial charge >= 0.3 is 0 Å². The van der Waals surface area contributed by atoms with Crippen LogP contribution < -0.4 is 5.56 Å². The molecule has 8 heteroatoms. The zero-order valence-electron chi connectivity index (χ0n) is 21.1. The van der Waals surface area contributed by atoms with E-state index in [9.17, 15) is 18.3 Å². The fourth-order valence-corrected chi connectivity index (χ4v) is 6.18. The molecule has 0 aliphatic rings. The average Bonchev–Trinajstić information content (AvgIpc) is 2.94. The summed E-state index contributed by atoms with van der Waals surface area (Å²) in [6.45, 7) is 4.18. The standard InChI is InChI=1S/C30H27N3O4S/c1-3-32(4-2)38(36,37)23-14-10-13-22(19-23)33-29(34)26-17-8-7-16-25(26)27(30(33)35)20-31-28-18-9-12-21-11-5-6-15-24(21)28/h5-20,35H,3-4H2,1-2H3. The number of hydrogen-bond donors (Lipinski definition) is 1. The van der Waals surface area contributed by atoms with Gasteiger partial charge in [-0.05, 0) is 35.7 Å². The molecule has 0 aliphatic carbocycles. The first kappa shape index (κ1) is 25.4. The lowest BCUT2D eigenvalue weighted by atomic mass is 10.1. The van der Waals surface area contributed by atoms with E-state index in [0.29, 0.717) is 29.4 Å². The molecule has 5 aromatic rings. The molecule has 1 N–H and O–H groups in total. The molecule has 38 heavy (non-hydrogen) atoms. The number of aromatic nitrogens is 1.